The van der Waals surface area contributed by atoms with Gasteiger partial charge in [0.25, 0.3) is 0 Å². The van der Waals surface area contributed by atoms with Gasteiger partial charge in [-0.1, -0.05) is 29.6 Å². The zero-order chi connectivity index (χ0) is 32.2. The zero-order valence-electron chi connectivity index (χ0n) is 26.1. The Hall–Kier alpha value is 0.400. The number of nitrogens with zero attached hydrogens (tertiary/aromatic N) is 5. The van der Waals surface area contributed by atoms with Crippen LogP contribution in [0, 0.1) is 6.92 Å². The van der Waals surface area contributed by atoms with E-state index in [4.69, 9.17) is 4.74 Å². The Balaban J connectivity index is 0.00000705. The Morgan fingerprint density at radius 2 is 1.47 bits per heavy atom. The summed E-state index contributed by atoms with van der Waals surface area (Å²) in [6, 6.07) is 10.1. The van der Waals surface area contributed by atoms with Gasteiger partial charge in [-0.25, -0.2) is 16.8 Å². The molecule has 3 rings (SSSR count). The molecule has 0 saturated heterocycles. The van der Waals surface area contributed by atoms with Gasteiger partial charge in [-0.2, -0.15) is 29.5 Å². The zero-order valence-corrected chi connectivity index (χ0v) is 36.1. The van der Waals surface area contributed by atoms with E-state index < -0.39 is 31.7 Å². The van der Waals surface area contributed by atoms with E-state index >= 15 is 0 Å². The molecule has 0 spiro atoms. The third-order valence-corrected chi connectivity index (χ3v) is 9.16. The number of aryl methyl sites for hydroxylation is 1. The Morgan fingerprint density at radius 3 is 2.00 bits per heavy atom. The van der Waals surface area contributed by atoms with E-state index in [0.29, 0.717) is 33.3 Å². The van der Waals surface area contributed by atoms with E-state index in [0.717, 1.165) is 35.6 Å². The molecule has 240 valence electrons. The van der Waals surface area contributed by atoms with Gasteiger partial charge in [0.2, 0.25) is 5.95 Å². The number of nitrogens with one attached hydrogen (secondary N) is 1. The number of methoxy groups -OCH3 is 1. The molecule has 0 aliphatic rings. The SMILES string of the molecule is COc1cc(N=Nc2cccc(SOO[O-])c2)c(C)cc1Nc1nc(SCCCS(=O)(=O)[O-])nc(SCCCS(=O)(=O)[O-])n1.[Na+].[Na+].[Na+]. The quantitative estimate of drug-likeness (QED) is 0.0185. The molecule has 0 unspecified atom stereocenters. The first kappa shape index (κ1) is 47.4. The van der Waals surface area contributed by atoms with Crippen molar-refractivity contribution in [3.05, 3.63) is 42.0 Å². The summed E-state index contributed by atoms with van der Waals surface area (Å²) >= 11 is 2.95. The normalized spacial score (nSPS) is 11.3. The van der Waals surface area contributed by atoms with Crippen molar-refractivity contribution in [2.75, 3.05) is 35.4 Å². The molecule has 1 heterocycles. The molecule has 0 aliphatic heterocycles. The van der Waals surface area contributed by atoms with Gasteiger partial charge in [0.1, 0.15) is 5.75 Å². The summed E-state index contributed by atoms with van der Waals surface area (Å²) in [5, 5.41) is 25.5. The predicted octanol–water partition coefficient (Wildman–Crippen LogP) is -5.35. The maximum atomic E-state index is 10.9. The van der Waals surface area contributed by atoms with Crippen LogP contribution >= 0.6 is 35.6 Å². The van der Waals surface area contributed by atoms with Crippen LogP contribution in [0.2, 0.25) is 0 Å². The molecule has 0 bridgehead atoms. The Kier molecular flexibility index (Phi) is 24.0. The second-order valence-corrected chi connectivity index (χ2v) is 14.5. The Bertz CT molecular complexity index is 1620. The predicted molar refractivity (Wildman–Crippen MR) is 159 cm³/mol. The average Bonchev–Trinajstić information content (AvgIpc) is 2.95. The third-order valence-electron chi connectivity index (χ3n) is 5.15. The van der Waals surface area contributed by atoms with Crippen LogP contribution in [0.25, 0.3) is 0 Å². The van der Waals surface area contributed by atoms with Gasteiger partial charge in [0.05, 0.1) is 56.5 Å². The molecule has 0 fully saturated rings. The minimum atomic E-state index is -4.36. The van der Waals surface area contributed by atoms with Crippen LogP contribution in [0.1, 0.15) is 18.4 Å². The fraction of sp³-hybridized carbons (Fsp3) is 0.348. The number of anilines is 2. The van der Waals surface area contributed by atoms with Crippen LogP contribution in [0.3, 0.4) is 0 Å². The van der Waals surface area contributed by atoms with E-state index in [1.165, 1.54) is 7.11 Å². The number of benzene rings is 2. The maximum absolute atomic E-state index is 10.9. The molecule has 2 aromatic carbocycles. The summed E-state index contributed by atoms with van der Waals surface area (Å²) in [5.41, 5.74) is 2.17. The number of azo groups is 1. The van der Waals surface area contributed by atoms with Crippen molar-refractivity contribution in [3.8, 4) is 5.75 Å². The van der Waals surface area contributed by atoms with E-state index in [9.17, 15) is 31.2 Å². The summed E-state index contributed by atoms with van der Waals surface area (Å²) < 4.78 is 75.3. The monoisotopic (exact) mass is 774 g/mol. The van der Waals surface area contributed by atoms with Crippen LogP contribution < -0.4 is 104 Å². The van der Waals surface area contributed by atoms with Gasteiger partial charge >= 0.3 is 88.7 Å². The molecule has 0 radical (unpaired) electrons. The van der Waals surface area contributed by atoms with Gasteiger partial charge in [-0.15, -0.1) is 0 Å². The van der Waals surface area contributed by atoms with E-state index in [1.54, 1.807) is 43.3 Å². The molecule has 24 heteroatoms. The molecule has 47 heavy (non-hydrogen) atoms. The van der Waals surface area contributed by atoms with Crippen molar-refractivity contribution in [1.82, 2.24) is 15.0 Å². The van der Waals surface area contributed by atoms with Crippen molar-refractivity contribution >= 4 is 78.8 Å². The molecule has 1 aromatic heterocycles. The fourth-order valence-electron chi connectivity index (χ4n) is 3.26. The first-order valence-electron chi connectivity index (χ1n) is 12.3. The van der Waals surface area contributed by atoms with Crippen molar-refractivity contribution in [2.24, 2.45) is 10.2 Å². The second-order valence-electron chi connectivity index (χ2n) is 8.53. The molecule has 0 amide bonds. The second kappa shape index (κ2) is 23.8. The largest absolute Gasteiger partial charge is 1.00 e. The van der Waals surface area contributed by atoms with Gasteiger partial charge < -0.3 is 24.4 Å². The van der Waals surface area contributed by atoms with Gasteiger partial charge in [-0.3, -0.25) is 5.04 Å². The molecule has 0 atom stereocenters. The van der Waals surface area contributed by atoms with Crippen LogP contribution in [0.5, 0.6) is 5.75 Å². The van der Waals surface area contributed by atoms with Gasteiger partial charge in [0, 0.05) is 34.0 Å². The number of aromatic nitrogens is 3. The standard InChI is InChI=1S/C23H28N6O10S5.3Na/c1-15-12-19(20(37-2)14-18(15)29-28-16-6-3-7-17(13-16)42-39-38-30)24-21-25-22(40-8-4-10-43(31,32)33)27-23(26-21)41-9-5-11-44(34,35)36;;;/h3,6-7,12-14,30H,4-5,8-11H2,1-2H3,(H,31,32,33)(H,34,35,36)(H,24,25,26,27);;;/q;3*+1/p-3. The summed E-state index contributed by atoms with van der Waals surface area (Å²) in [5.74, 6) is -0.0871. The molecular formula is C23H25N6Na3O10S5. The first-order chi connectivity index (χ1) is 20.8. The molecule has 0 aliphatic carbocycles. The van der Waals surface area contributed by atoms with Crippen LogP contribution in [-0.4, -0.2) is 71.0 Å². The summed E-state index contributed by atoms with van der Waals surface area (Å²) in [4.78, 5) is 13.6. The number of ether oxygens (including phenoxy) is 1. The van der Waals surface area contributed by atoms with Crippen molar-refractivity contribution in [2.45, 2.75) is 35.0 Å². The third kappa shape index (κ3) is 19.0. The summed E-state index contributed by atoms with van der Waals surface area (Å²) in [6.45, 7) is 1.80. The van der Waals surface area contributed by atoms with Crippen LogP contribution in [0.15, 0.2) is 61.8 Å². The van der Waals surface area contributed by atoms with E-state index in [1.807, 2.05) is 0 Å². The first-order valence-corrected chi connectivity index (χ1v) is 18.2. The summed E-state index contributed by atoms with van der Waals surface area (Å²) in [6.07, 6.45) is 0.173. The van der Waals surface area contributed by atoms with E-state index in [2.05, 4.69) is 39.9 Å². The van der Waals surface area contributed by atoms with Crippen molar-refractivity contribution < 1.29 is 134 Å². The minimum Gasteiger partial charge on any atom is -0.748 e. The smallest absolute Gasteiger partial charge is 0.748 e. The van der Waals surface area contributed by atoms with Gasteiger partial charge in [-0.05, 0) is 49.6 Å². The fourth-order valence-corrected chi connectivity index (χ4v) is 6.63. The number of rotatable bonds is 18. The van der Waals surface area contributed by atoms with Gasteiger partial charge in [0.15, 0.2) is 10.3 Å². The van der Waals surface area contributed by atoms with E-state index in [-0.39, 0.29) is 129 Å². The Labute approximate surface area is 351 Å². The molecule has 16 nitrogen and oxygen atoms in total. The molecule has 0 saturated carbocycles. The number of hydrogen-bond acceptors (Lipinski definition) is 19. The molecule has 1 N–H and O–H groups in total. The average molecular weight is 775 g/mol. The molecule has 3 aromatic rings. The number of thioether (sulfide) groups is 2. The van der Waals surface area contributed by atoms with Crippen LogP contribution in [0.4, 0.5) is 23.0 Å². The van der Waals surface area contributed by atoms with Crippen LogP contribution in [-0.2, 0) is 29.6 Å². The Morgan fingerprint density at radius 1 is 0.872 bits per heavy atom. The van der Waals surface area contributed by atoms with Crippen molar-refractivity contribution in [1.29, 1.82) is 0 Å². The molecular weight excluding hydrogens is 750 g/mol. The number of hydrogen-bond donors (Lipinski definition) is 1. The topological polar surface area (TPSA) is 241 Å². The maximum Gasteiger partial charge on any atom is 1.00 e. The minimum absolute atomic E-state index is 0. The van der Waals surface area contributed by atoms with Crippen molar-refractivity contribution in [3.63, 3.8) is 0 Å². The summed E-state index contributed by atoms with van der Waals surface area (Å²) in [7, 11) is -7.26.